The van der Waals surface area contributed by atoms with Crippen LogP contribution in [-0.2, 0) is 9.53 Å². The molecule has 6 heteroatoms. The van der Waals surface area contributed by atoms with Crippen LogP contribution in [0.15, 0.2) is 30.3 Å². The normalized spacial score (nSPS) is 21.4. The highest BCUT2D eigenvalue weighted by Gasteiger charge is 2.29. The second-order valence-corrected chi connectivity index (χ2v) is 5.48. The van der Waals surface area contributed by atoms with Crippen molar-refractivity contribution in [3.8, 4) is 0 Å². The van der Waals surface area contributed by atoms with Crippen LogP contribution in [0.4, 0.5) is 4.79 Å². The van der Waals surface area contributed by atoms with Crippen molar-refractivity contribution in [2.75, 3.05) is 19.6 Å². The molecule has 0 bridgehead atoms. The van der Waals surface area contributed by atoms with Crippen LogP contribution in [0.1, 0.15) is 31.4 Å². The fourth-order valence-electron chi connectivity index (χ4n) is 2.52. The van der Waals surface area contributed by atoms with E-state index in [0.717, 1.165) is 5.56 Å². The van der Waals surface area contributed by atoms with E-state index in [2.05, 4.69) is 5.32 Å². The zero-order chi connectivity index (χ0) is 15.9. The Labute approximate surface area is 130 Å². The summed E-state index contributed by atoms with van der Waals surface area (Å²) in [7, 11) is 0. The van der Waals surface area contributed by atoms with Crippen molar-refractivity contribution in [1.29, 1.82) is 0 Å². The summed E-state index contributed by atoms with van der Waals surface area (Å²) >= 11 is 0. The van der Waals surface area contributed by atoms with Crippen molar-refractivity contribution < 1.29 is 19.4 Å². The van der Waals surface area contributed by atoms with Crippen LogP contribution in [-0.4, -0.2) is 47.7 Å². The zero-order valence-corrected chi connectivity index (χ0v) is 12.7. The Hall–Kier alpha value is -2.08. The summed E-state index contributed by atoms with van der Waals surface area (Å²) in [6.07, 6.45) is 0.327. The number of carbonyl (C=O) groups excluding carboxylic acids is 1. The first-order valence-corrected chi connectivity index (χ1v) is 7.51. The Balaban J connectivity index is 1.87. The summed E-state index contributed by atoms with van der Waals surface area (Å²) in [4.78, 5) is 24.4. The van der Waals surface area contributed by atoms with Gasteiger partial charge in [0.1, 0.15) is 6.10 Å². The van der Waals surface area contributed by atoms with E-state index in [1.54, 1.807) is 4.90 Å². The van der Waals surface area contributed by atoms with Gasteiger partial charge in [0.25, 0.3) is 0 Å². The molecule has 0 spiro atoms. The molecule has 22 heavy (non-hydrogen) atoms. The quantitative estimate of drug-likeness (QED) is 0.816. The summed E-state index contributed by atoms with van der Waals surface area (Å²) in [5.41, 5.74) is 1.05. The van der Waals surface area contributed by atoms with E-state index in [1.165, 1.54) is 0 Å². The van der Waals surface area contributed by atoms with E-state index in [0.29, 0.717) is 26.1 Å². The van der Waals surface area contributed by atoms with Gasteiger partial charge >= 0.3 is 12.0 Å². The van der Waals surface area contributed by atoms with Gasteiger partial charge in [-0.25, -0.2) is 4.79 Å². The summed E-state index contributed by atoms with van der Waals surface area (Å²) in [6.45, 7) is 3.35. The molecule has 6 nitrogen and oxygen atoms in total. The largest absolute Gasteiger partial charge is 0.481 e. The number of urea groups is 1. The molecule has 1 aromatic carbocycles. The average molecular weight is 306 g/mol. The highest BCUT2D eigenvalue weighted by molar-refractivity contribution is 5.74. The van der Waals surface area contributed by atoms with Crippen molar-refractivity contribution in [2.24, 2.45) is 0 Å². The highest BCUT2D eigenvalue weighted by atomic mass is 16.5. The lowest BCUT2D eigenvalue weighted by atomic mass is 10.1. The van der Waals surface area contributed by atoms with Crippen LogP contribution in [0.25, 0.3) is 0 Å². The van der Waals surface area contributed by atoms with E-state index >= 15 is 0 Å². The smallest absolute Gasteiger partial charge is 0.317 e. The van der Waals surface area contributed by atoms with Crippen LogP contribution in [0.3, 0.4) is 0 Å². The van der Waals surface area contributed by atoms with Gasteiger partial charge in [-0.3, -0.25) is 4.79 Å². The third-order valence-corrected chi connectivity index (χ3v) is 3.56. The van der Waals surface area contributed by atoms with Crippen molar-refractivity contribution in [1.82, 2.24) is 10.2 Å². The van der Waals surface area contributed by atoms with Gasteiger partial charge < -0.3 is 20.1 Å². The highest BCUT2D eigenvalue weighted by Crippen LogP contribution is 2.24. The first kappa shape index (κ1) is 16.3. The summed E-state index contributed by atoms with van der Waals surface area (Å²) in [5.74, 6) is -0.849. The number of carbonyl (C=O) groups is 2. The monoisotopic (exact) mass is 306 g/mol. The number of carboxylic acids is 1. The van der Waals surface area contributed by atoms with E-state index in [9.17, 15) is 9.59 Å². The van der Waals surface area contributed by atoms with Crippen molar-refractivity contribution in [2.45, 2.75) is 32.0 Å². The molecule has 0 aliphatic carbocycles. The van der Waals surface area contributed by atoms with Gasteiger partial charge in [-0.05, 0) is 18.9 Å². The molecule has 2 atom stereocenters. The van der Waals surface area contributed by atoms with Crippen molar-refractivity contribution in [3.05, 3.63) is 35.9 Å². The van der Waals surface area contributed by atoms with Crippen LogP contribution in [0.5, 0.6) is 0 Å². The van der Waals surface area contributed by atoms with Crippen LogP contribution >= 0.6 is 0 Å². The van der Waals surface area contributed by atoms with E-state index in [1.807, 2.05) is 37.3 Å². The molecule has 2 unspecified atom stereocenters. The molecule has 1 fully saturated rings. The minimum atomic E-state index is -0.849. The molecular weight excluding hydrogens is 284 g/mol. The van der Waals surface area contributed by atoms with Gasteiger partial charge in [-0.15, -0.1) is 0 Å². The summed E-state index contributed by atoms with van der Waals surface area (Å²) < 4.78 is 5.91. The summed E-state index contributed by atoms with van der Waals surface area (Å²) in [5, 5.41) is 11.4. The maximum Gasteiger partial charge on any atom is 0.317 e. The maximum absolute atomic E-state index is 12.2. The number of amides is 2. The van der Waals surface area contributed by atoms with Gasteiger partial charge in [0.15, 0.2) is 0 Å². The molecule has 2 amide bonds. The average Bonchev–Trinajstić information content (AvgIpc) is 2.51. The lowest BCUT2D eigenvalue weighted by Crippen LogP contribution is -2.50. The number of ether oxygens (including phenoxy) is 1. The van der Waals surface area contributed by atoms with Crippen molar-refractivity contribution >= 4 is 12.0 Å². The van der Waals surface area contributed by atoms with E-state index in [4.69, 9.17) is 9.84 Å². The van der Waals surface area contributed by atoms with Crippen LogP contribution in [0, 0.1) is 0 Å². The number of nitrogens with one attached hydrogen (secondary N) is 1. The van der Waals surface area contributed by atoms with Crippen LogP contribution < -0.4 is 5.32 Å². The number of aliphatic carboxylic acids is 1. The standard InChI is InChI=1S/C16H22N2O4/c1-12-10-18(16(21)17-9-5-8-15(19)20)11-14(22-12)13-6-3-2-4-7-13/h2-4,6-7,12,14H,5,8-11H2,1H3,(H,17,21)(H,19,20). The predicted molar refractivity (Wildman–Crippen MR) is 81.6 cm³/mol. The molecule has 120 valence electrons. The number of hydrogen-bond acceptors (Lipinski definition) is 3. The number of nitrogens with zero attached hydrogens (tertiary/aromatic N) is 1. The van der Waals surface area contributed by atoms with Gasteiger partial charge in [0.2, 0.25) is 0 Å². The van der Waals surface area contributed by atoms with Gasteiger partial charge in [0.05, 0.1) is 12.6 Å². The Morgan fingerprint density at radius 2 is 2.05 bits per heavy atom. The molecule has 2 N–H and O–H groups in total. The number of benzene rings is 1. The van der Waals surface area contributed by atoms with E-state index in [-0.39, 0.29) is 24.7 Å². The first-order valence-electron chi connectivity index (χ1n) is 7.51. The third kappa shape index (κ3) is 4.73. The fraction of sp³-hybridized carbons (Fsp3) is 0.500. The maximum atomic E-state index is 12.2. The molecule has 1 aliphatic rings. The molecule has 1 aromatic rings. The summed E-state index contributed by atoms with van der Waals surface area (Å²) in [6, 6.07) is 9.67. The fourth-order valence-corrected chi connectivity index (χ4v) is 2.52. The Morgan fingerprint density at radius 3 is 2.73 bits per heavy atom. The number of morpholine rings is 1. The lowest BCUT2D eigenvalue weighted by molar-refractivity contribution is -0.137. The molecule has 1 saturated heterocycles. The Morgan fingerprint density at radius 1 is 1.32 bits per heavy atom. The first-order chi connectivity index (χ1) is 10.6. The van der Waals surface area contributed by atoms with Gasteiger partial charge in [0, 0.05) is 19.5 Å². The Kier molecular flexibility index (Phi) is 5.77. The van der Waals surface area contributed by atoms with Gasteiger partial charge in [-0.2, -0.15) is 0 Å². The van der Waals surface area contributed by atoms with Crippen molar-refractivity contribution in [3.63, 3.8) is 0 Å². The molecule has 1 heterocycles. The van der Waals surface area contributed by atoms with E-state index < -0.39 is 5.97 Å². The molecular formula is C16H22N2O4. The predicted octanol–water partition coefficient (Wildman–Crippen LogP) is 2.02. The van der Waals surface area contributed by atoms with Crippen LogP contribution in [0.2, 0.25) is 0 Å². The second kappa shape index (κ2) is 7.79. The zero-order valence-electron chi connectivity index (χ0n) is 12.7. The van der Waals surface area contributed by atoms with Gasteiger partial charge in [-0.1, -0.05) is 30.3 Å². The molecule has 1 aliphatic heterocycles. The minimum Gasteiger partial charge on any atom is -0.481 e. The third-order valence-electron chi connectivity index (χ3n) is 3.56. The Bertz CT molecular complexity index is 506. The second-order valence-electron chi connectivity index (χ2n) is 5.48. The topological polar surface area (TPSA) is 78.9 Å². The minimum absolute atomic E-state index is 0.0382. The molecule has 0 saturated carbocycles. The lowest BCUT2D eigenvalue weighted by Gasteiger charge is -2.37. The SMILES string of the molecule is CC1CN(C(=O)NCCCC(=O)O)CC(c2ccccc2)O1. The molecule has 0 radical (unpaired) electrons. The number of carboxylic acid groups (broad SMARTS) is 1. The number of hydrogen-bond donors (Lipinski definition) is 2. The molecule has 0 aromatic heterocycles. The number of rotatable bonds is 5. The molecule has 2 rings (SSSR count).